The number of halogens is 1. The summed E-state index contributed by atoms with van der Waals surface area (Å²) in [6.45, 7) is 1.62. The molecule has 0 bridgehead atoms. The van der Waals surface area contributed by atoms with Crippen LogP contribution in [0.1, 0.15) is 100 Å². The first-order valence-electron chi connectivity index (χ1n) is 12.6. The minimum absolute atomic E-state index is 0.0223. The molecule has 3 aromatic rings. The lowest BCUT2D eigenvalue weighted by molar-refractivity contribution is -0.138. The second-order valence-corrected chi connectivity index (χ2v) is 10.7. The fourth-order valence-corrected chi connectivity index (χ4v) is 5.45. The van der Waals surface area contributed by atoms with E-state index in [1.165, 1.54) is 30.6 Å². The molecule has 1 fully saturated rings. The summed E-state index contributed by atoms with van der Waals surface area (Å²) in [5.74, 6) is -2.07. The number of ketones is 2. The van der Waals surface area contributed by atoms with Crippen molar-refractivity contribution in [2.24, 2.45) is 0 Å². The van der Waals surface area contributed by atoms with Gasteiger partial charge in [0.15, 0.2) is 5.78 Å². The van der Waals surface area contributed by atoms with Crippen LogP contribution in [0.25, 0.3) is 0 Å². The van der Waals surface area contributed by atoms with Crippen molar-refractivity contribution in [2.75, 3.05) is 0 Å². The van der Waals surface area contributed by atoms with E-state index in [-0.39, 0.29) is 24.4 Å². The van der Waals surface area contributed by atoms with Crippen molar-refractivity contribution in [1.82, 2.24) is 0 Å². The van der Waals surface area contributed by atoms with Crippen molar-refractivity contribution in [1.29, 1.82) is 0 Å². The number of Topliss-reactive ketones (excluding diaryl/α,β-unsaturated/α-hetero) is 1. The Hall–Kier alpha value is -3.29. The van der Waals surface area contributed by atoms with Crippen LogP contribution in [0.3, 0.4) is 0 Å². The molecule has 0 aliphatic heterocycles. The molecule has 1 aliphatic rings. The van der Waals surface area contributed by atoms with Crippen molar-refractivity contribution in [3.05, 3.63) is 92.1 Å². The van der Waals surface area contributed by atoms with Gasteiger partial charge in [0.25, 0.3) is 0 Å². The van der Waals surface area contributed by atoms with Crippen LogP contribution in [0.15, 0.2) is 60.0 Å². The minimum atomic E-state index is -0.955. The molecular weight excluding hydrogens is 524 g/mol. The van der Waals surface area contributed by atoms with E-state index >= 15 is 0 Å². The molecule has 1 atom stereocenters. The first kappa shape index (κ1) is 29.3. The second kappa shape index (κ2) is 14.0. The van der Waals surface area contributed by atoms with Gasteiger partial charge in [0, 0.05) is 22.6 Å². The number of rotatable bonds is 9. The van der Waals surface area contributed by atoms with Gasteiger partial charge in [-0.3, -0.25) is 19.2 Å². The molecule has 200 valence electrons. The van der Waals surface area contributed by atoms with Crippen molar-refractivity contribution in [2.45, 2.75) is 63.7 Å². The molecule has 1 saturated carbocycles. The second-order valence-electron chi connectivity index (χ2n) is 9.38. The lowest BCUT2D eigenvalue weighted by Gasteiger charge is -2.23. The number of carbonyl (C=O) groups is 4. The van der Waals surface area contributed by atoms with Crippen LogP contribution >= 0.6 is 22.9 Å². The molecule has 1 aliphatic carbocycles. The highest BCUT2D eigenvalue weighted by Gasteiger charge is 2.19. The van der Waals surface area contributed by atoms with E-state index in [4.69, 9.17) is 21.8 Å². The monoisotopic (exact) mass is 554 g/mol. The Bertz CT molecular complexity index is 1260. The van der Waals surface area contributed by atoms with E-state index in [0.717, 1.165) is 18.4 Å². The molecule has 0 amide bonds. The quantitative estimate of drug-likeness (QED) is 0.263. The minimum Gasteiger partial charge on any atom is -0.481 e. The summed E-state index contributed by atoms with van der Waals surface area (Å²) < 4.78 is 0. The summed E-state index contributed by atoms with van der Waals surface area (Å²) >= 11 is 7.70. The smallest absolute Gasteiger partial charge is 0.310 e. The van der Waals surface area contributed by atoms with Gasteiger partial charge in [-0.1, -0.05) is 73.3 Å². The molecule has 38 heavy (non-hydrogen) atoms. The van der Waals surface area contributed by atoms with E-state index in [9.17, 15) is 19.2 Å². The maximum atomic E-state index is 12.0. The molecule has 6 nitrogen and oxygen atoms in total. The van der Waals surface area contributed by atoms with Crippen molar-refractivity contribution >= 4 is 46.4 Å². The SMILES string of the molecule is CC(C(=O)O)c1ccc(C(=O)c2cccs2)cc1.O=C(O)CCC(=O)c1ccc(C2CCCCC2)c(Cl)c1. The molecular formula is C30H31ClO6S. The van der Waals surface area contributed by atoms with Crippen LogP contribution in [-0.4, -0.2) is 33.7 Å². The lowest BCUT2D eigenvalue weighted by atomic mass is 9.83. The topological polar surface area (TPSA) is 109 Å². The zero-order valence-corrected chi connectivity index (χ0v) is 22.8. The van der Waals surface area contributed by atoms with E-state index in [1.807, 2.05) is 17.5 Å². The summed E-state index contributed by atoms with van der Waals surface area (Å²) in [6.07, 6.45) is 5.97. The van der Waals surface area contributed by atoms with Crippen LogP contribution in [-0.2, 0) is 9.59 Å². The maximum Gasteiger partial charge on any atom is 0.310 e. The van der Waals surface area contributed by atoms with Crippen LogP contribution in [0.4, 0.5) is 0 Å². The normalized spacial score (nSPS) is 14.2. The third-order valence-corrected chi connectivity index (χ3v) is 7.92. The number of carboxylic acid groups (broad SMARTS) is 2. The average molecular weight is 555 g/mol. The predicted octanol–water partition coefficient (Wildman–Crippen LogP) is 7.60. The maximum absolute atomic E-state index is 12.0. The highest BCUT2D eigenvalue weighted by Crippen LogP contribution is 2.36. The largest absolute Gasteiger partial charge is 0.481 e. The number of hydrogen-bond acceptors (Lipinski definition) is 5. The van der Waals surface area contributed by atoms with Crippen LogP contribution < -0.4 is 0 Å². The summed E-state index contributed by atoms with van der Waals surface area (Å²) in [5, 5.41) is 20.0. The standard InChI is InChI=1S/C16H19ClO3.C14H12O3S/c17-14-10-12(15(18)8-9-16(19)20)6-7-13(14)11-4-2-1-3-5-11;1-9(14(16)17)10-4-6-11(7-5-10)13(15)12-3-2-8-18-12/h6-7,10-11H,1-5,8-9H2,(H,19,20);2-9H,1H3,(H,16,17). The fourth-order valence-electron chi connectivity index (χ4n) is 4.43. The number of carboxylic acids is 2. The molecule has 0 saturated heterocycles. The number of benzene rings is 2. The first-order valence-corrected chi connectivity index (χ1v) is 13.9. The number of aliphatic carboxylic acids is 2. The van der Waals surface area contributed by atoms with Gasteiger partial charge in [-0.05, 0) is 54.3 Å². The Balaban J connectivity index is 0.000000212. The van der Waals surface area contributed by atoms with Gasteiger partial charge in [0.05, 0.1) is 17.2 Å². The highest BCUT2D eigenvalue weighted by atomic mass is 35.5. The zero-order valence-electron chi connectivity index (χ0n) is 21.2. The average Bonchev–Trinajstić information content (AvgIpc) is 3.47. The van der Waals surface area contributed by atoms with Crippen molar-refractivity contribution in [3.63, 3.8) is 0 Å². The molecule has 2 aromatic carbocycles. The molecule has 8 heteroatoms. The molecule has 4 rings (SSSR count). The van der Waals surface area contributed by atoms with Gasteiger partial charge >= 0.3 is 11.9 Å². The molecule has 1 aromatic heterocycles. The Morgan fingerprint density at radius 3 is 2.13 bits per heavy atom. The Kier molecular flexibility index (Phi) is 10.8. The van der Waals surface area contributed by atoms with Gasteiger partial charge in [0.1, 0.15) is 0 Å². The van der Waals surface area contributed by atoms with E-state index in [1.54, 1.807) is 49.4 Å². The third-order valence-electron chi connectivity index (χ3n) is 6.72. The number of thiophene rings is 1. The van der Waals surface area contributed by atoms with Gasteiger partial charge in [-0.2, -0.15) is 0 Å². The van der Waals surface area contributed by atoms with Gasteiger partial charge in [0.2, 0.25) is 5.78 Å². The van der Waals surface area contributed by atoms with Gasteiger partial charge < -0.3 is 10.2 Å². The van der Waals surface area contributed by atoms with Gasteiger partial charge in [-0.15, -0.1) is 11.3 Å². The van der Waals surface area contributed by atoms with E-state index in [2.05, 4.69) is 0 Å². The molecule has 2 N–H and O–H groups in total. The third kappa shape index (κ3) is 8.10. The summed E-state index contributed by atoms with van der Waals surface area (Å²) in [6, 6.07) is 15.8. The van der Waals surface area contributed by atoms with Crippen LogP contribution in [0.2, 0.25) is 5.02 Å². The molecule has 0 spiro atoms. The lowest BCUT2D eigenvalue weighted by Crippen LogP contribution is -2.07. The molecule has 1 unspecified atom stereocenters. The first-order chi connectivity index (χ1) is 18.2. The predicted molar refractivity (Wildman–Crippen MR) is 149 cm³/mol. The highest BCUT2D eigenvalue weighted by molar-refractivity contribution is 7.12. The Morgan fingerprint density at radius 2 is 1.58 bits per heavy atom. The van der Waals surface area contributed by atoms with Gasteiger partial charge in [-0.25, -0.2) is 0 Å². The summed E-state index contributed by atoms with van der Waals surface area (Å²) in [4.78, 5) is 45.9. The van der Waals surface area contributed by atoms with Crippen LogP contribution in [0.5, 0.6) is 0 Å². The van der Waals surface area contributed by atoms with E-state index in [0.29, 0.717) is 32.5 Å². The molecule has 0 radical (unpaired) electrons. The summed E-state index contributed by atoms with van der Waals surface area (Å²) in [5.41, 5.74) is 2.92. The Labute approximate surface area is 231 Å². The number of hydrogen-bond donors (Lipinski definition) is 2. The Morgan fingerprint density at radius 1 is 0.921 bits per heavy atom. The fraction of sp³-hybridized carbons (Fsp3) is 0.333. The summed E-state index contributed by atoms with van der Waals surface area (Å²) in [7, 11) is 0. The van der Waals surface area contributed by atoms with Crippen molar-refractivity contribution in [3.8, 4) is 0 Å². The zero-order chi connectivity index (χ0) is 27.7. The van der Waals surface area contributed by atoms with Crippen LogP contribution in [0, 0.1) is 0 Å². The molecule has 1 heterocycles. The van der Waals surface area contributed by atoms with E-state index < -0.39 is 17.9 Å². The number of carbonyl (C=O) groups excluding carboxylic acids is 2. The van der Waals surface area contributed by atoms with Crippen molar-refractivity contribution < 1.29 is 29.4 Å².